The Kier molecular flexibility index (Phi) is 7.34. The van der Waals surface area contributed by atoms with Crippen molar-refractivity contribution in [3.63, 3.8) is 0 Å². The highest BCUT2D eigenvalue weighted by Gasteiger charge is 2.18. The fraction of sp³-hybridized carbons (Fsp3) is 0.348. The number of rotatable bonds is 7. The first-order valence-electron chi connectivity index (χ1n) is 9.75. The van der Waals surface area contributed by atoms with E-state index >= 15 is 0 Å². The number of nitrogens with two attached hydrogens (primary N) is 1. The molecular weight excluding hydrogens is 382 g/mol. The third-order valence-electron chi connectivity index (χ3n) is 4.51. The number of nitrogens with one attached hydrogen (secondary N) is 2. The summed E-state index contributed by atoms with van der Waals surface area (Å²) in [4.78, 5) is 36.9. The Labute approximate surface area is 176 Å². The van der Waals surface area contributed by atoms with Gasteiger partial charge in [-0.05, 0) is 53.3 Å². The van der Waals surface area contributed by atoms with Gasteiger partial charge in [0.1, 0.15) is 0 Å². The number of carbonyl (C=O) groups excluding carboxylic acids is 3. The molecule has 0 unspecified atom stereocenters. The average Bonchev–Trinajstić information content (AvgIpc) is 2.69. The molecule has 0 aliphatic carbocycles. The van der Waals surface area contributed by atoms with Crippen LogP contribution in [0.2, 0.25) is 0 Å². The van der Waals surface area contributed by atoms with Crippen molar-refractivity contribution in [2.45, 2.75) is 27.7 Å². The van der Waals surface area contributed by atoms with Crippen LogP contribution in [-0.2, 0) is 0 Å². The second kappa shape index (κ2) is 9.54. The van der Waals surface area contributed by atoms with Gasteiger partial charge < -0.3 is 21.5 Å². The third kappa shape index (κ3) is 5.90. The van der Waals surface area contributed by atoms with Gasteiger partial charge in [-0.2, -0.15) is 0 Å². The van der Waals surface area contributed by atoms with Gasteiger partial charge in [0.25, 0.3) is 11.8 Å². The zero-order valence-electron chi connectivity index (χ0n) is 17.8. The number of amides is 3. The number of aliphatic hydroxyl groups is 1. The second-order valence-corrected chi connectivity index (χ2v) is 8.38. The molecule has 0 radical (unpaired) electrons. The number of carbonyl (C=O) groups is 3. The summed E-state index contributed by atoms with van der Waals surface area (Å²) in [5.41, 5.74) is 8.53. The molecule has 2 aromatic carbocycles. The van der Waals surface area contributed by atoms with E-state index in [2.05, 4.69) is 10.6 Å². The molecule has 0 atom stereocenters. The number of aliphatic hydroxyl groups excluding tert-OH is 1. The molecular formula is C23H29N3O4. The Bertz CT molecular complexity index is 961. The van der Waals surface area contributed by atoms with Crippen molar-refractivity contribution in [1.29, 1.82) is 0 Å². The average molecular weight is 412 g/mol. The van der Waals surface area contributed by atoms with Crippen LogP contribution in [0.1, 0.15) is 57.4 Å². The SMILES string of the molecule is Cc1ccc(C(=O)NCCO)cc1-c1ccc(C(=O)NCC(C)(C)C)cc1C(N)=O. The Hall–Kier alpha value is -3.19. The van der Waals surface area contributed by atoms with Crippen molar-refractivity contribution >= 4 is 17.7 Å². The van der Waals surface area contributed by atoms with Crippen molar-refractivity contribution in [2.24, 2.45) is 11.1 Å². The Morgan fingerprint density at radius 2 is 1.53 bits per heavy atom. The van der Waals surface area contributed by atoms with Crippen molar-refractivity contribution in [1.82, 2.24) is 10.6 Å². The highest BCUT2D eigenvalue weighted by atomic mass is 16.3. The molecule has 0 aliphatic rings. The van der Waals surface area contributed by atoms with E-state index in [1.165, 1.54) is 6.07 Å². The molecule has 2 aromatic rings. The zero-order chi connectivity index (χ0) is 22.5. The van der Waals surface area contributed by atoms with Crippen LogP contribution < -0.4 is 16.4 Å². The van der Waals surface area contributed by atoms with Gasteiger partial charge in [0.2, 0.25) is 5.91 Å². The molecule has 0 spiro atoms. The summed E-state index contributed by atoms with van der Waals surface area (Å²) in [6.07, 6.45) is 0. The molecule has 30 heavy (non-hydrogen) atoms. The number of aryl methyl sites for hydroxylation is 1. The lowest BCUT2D eigenvalue weighted by Crippen LogP contribution is -2.32. The van der Waals surface area contributed by atoms with E-state index in [-0.39, 0.29) is 35.9 Å². The molecule has 160 valence electrons. The van der Waals surface area contributed by atoms with Gasteiger partial charge >= 0.3 is 0 Å². The number of benzene rings is 2. The van der Waals surface area contributed by atoms with E-state index in [0.29, 0.717) is 28.8 Å². The normalized spacial score (nSPS) is 11.1. The molecule has 5 N–H and O–H groups in total. The van der Waals surface area contributed by atoms with Crippen LogP contribution >= 0.6 is 0 Å². The number of hydrogen-bond acceptors (Lipinski definition) is 4. The van der Waals surface area contributed by atoms with Gasteiger partial charge in [0, 0.05) is 29.8 Å². The minimum absolute atomic E-state index is 0.0731. The lowest BCUT2D eigenvalue weighted by Gasteiger charge is -2.19. The van der Waals surface area contributed by atoms with Crippen LogP contribution in [-0.4, -0.2) is 42.5 Å². The standard InChI is InChI=1S/C23H29N3O4/c1-14-5-6-15(21(29)25-9-10-27)11-18(14)17-8-7-16(12-19(17)20(24)28)22(30)26-13-23(2,3)4/h5-8,11-12,27H,9-10,13H2,1-4H3,(H2,24,28)(H,25,29)(H,26,30). The van der Waals surface area contributed by atoms with Gasteiger partial charge in [-0.3, -0.25) is 14.4 Å². The third-order valence-corrected chi connectivity index (χ3v) is 4.51. The van der Waals surface area contributed by atoms with Crippen molar-refractivity contribution in [3.05, 3.63) is 58.7 Å². The van der Waals surface area contributed by atoms with Crippen molar-refractivity contribution < 1.29 is 19.5 Å². The summed E-state index contributed by atoms with van der Waals surface area (Å²) in [7, 11) is 0. The largest absolute Gasteiger partial charge is 0.395 e. The van der Waals surface area contributed by atoms with Gasteiger partial charge in [0.15, 0.2) is 0 Å². The Morgan fingerprint density at radius 1 is 0.933 bits per heavy atom. The monoisotopic (exact) mass is 411 g/mol. The van der Waals surface area contributed by atoms with E-state index in [9.17, 15) is 14.4 Å². The Balaban J connectivity index is 2.43. The second-order valence-electron chi connectivity index (χ2n) is 8.38. The van der Waals surface area contributed by atoms with Crippen molar-refractivity contribution in [2.75, 3.05) is 19.7 Å². The van der Waals surface area contributed by atoms with Gasteiger partial charge in [-0.1, -0.05) is 32.9 Å². The maximum absolute atomic E-state index is 12.5. The first kappa shape index (κ1) is 23.1. The van der Waals surface area contributed by atoms with Crippen molar-refractivity contribution in [3.8, 4) is 11.1 Å². The molecule has 0 aromatic heterocycles. The first-order valence-corrected chi connectivity index (χ1v) is 9.75. The predicted molar refractivity (Wildman–Crippen MR) is 116 cm³/mol. The molecule has 0 heterocycles. The molecule has 7 heteroatoms. The number of hydrogen-bond donors (Lipinski definition) is 4. The quantitative estimate of drug-likeness (QED) is 0.558. The maximum atomic E-state index is 12.5. The lowest BCUT2D eigenvalue weighted by atomic mass is 9.92. The molecule has 7 nitrogen and oxygen atoms in total. The van der Waals surface area contributed by atoms with E-state index in [4.69, 9.17) is 10.8 Å². The zero-order valence-corrected chi connectivity index (χ0v) is 17.8. The Morgan fingerprint density at radius 3 is 2.13 bits per heavy atom. The van der Waals surface area contributed by atoms with E-state index < -0.39 is 5.91 Å². The van der Waals surface area contributed by atoms with Gasteiger partial charge in [-0.25, -0.2) is 0 Å². The highest BCUT2D eigenvalue weighted by Crippen LogP contribution is 2.29. The molecule has 3 amide bonds. The van der Waals surface area contributed by atoms with Crippen LogP contribution in [0.4, 0.5) is 0 Å². The van der Waals surface area contributed by atoms with Crippen LogP contribution in [0.5, 0.6) is 0 Å². The summed E-state index contributed by atoms with van der Waals surface area (Å²) in [6, 6.07) is 9.90. The smallest absolute Gasteiger partial charge is 0.251 e. The van der Waals surface area contributed by atoms with Crippen LogP contribution in [0.3, 0.4) is 0 Å². The molecule has 2 rings (SSSR count). The summed E-state index contributed by atoms with van der Waals surface area (Å²) < 4.78 is 0. The first-order chi connectivity index (χ1) is 14.0. The van der Waals surface area contributed by atoms with Gasteiger partial charge in [-0.15, -0.1) is 0 Å². The van der Waals surface area contributed by atoms with E-state index in [1.54, 1.807) is 30.3 Å². The van der Waals surface area contributed by atoms with Gasteiger partial charge in [0.05, 0.1) is 6.61 Å². The summed E-state index contributed by atoms with van der Waals surface area (Å²) in [6.45, 7) is 8.37. The topological polar surface area (TPSA) is 122 Å². The summed E-state index contributed by atoms with van der Waals surface area (Å²) in [5.74, 6) is -1.28. The lowest BCUT2D eigenvalue weighted by molar-refractivity contribution is 0.0934. The maximum Gasteiger partial charge on any atom is 0.251 e. The number of primary amides is 1. The highest BCUT2D eigenvalue weighted by molar-refractivity contribution is 6.04. The minimum Gasteiger partial charge on any atom is -0.395 e. The molecule has 0 aliphatic heterocycles. The van der Waals surface area contributed by atoms with E-state index in [0.717, 1.165) is 5.56 Å². The molecule has 0 saturated heterocycles. The molecule has 0 saturated carbocycles. The fourth-order valence-electron chi connectivity index (χ4n) is 2.90. The summed E-state index contributed by atoms with van der Waals surface area (Å²) in [5, 5.41) is 14.3. The minimum atomic E-state index is -0.662. The van der Waals surface area contributed by atoms with Crippen LogP contribution in [0.15, 0.2) is 36.4 Å². The van der Waals surface area contributed by atoms with E-state index in [1.807, 2.05) is 27.7 Å². The van der Waals surface area contributed by atoms with Crippen LogP contribution in [0.25, 0.3) is 11.1 Å². The molecule has 0 bridgehead atoms. The molecule has 0 fully saturated rings. The predicted octanol–water partition coefficient (Wildman–Crippen LogP) is 2.26. The van der Waals surface area contributed by atoms with Crippen LogP contribution in [0, 0.1) is 12.3 Å². The summed E-state index contributed by atoms with van der Waals surface area (Å²) >= 11 is 0. The fourth-order valence-corrected chi connectivity index (χ4v) is 2.90.